The van der Waals surface area contributed by atoms with Crippen LogP contribution in [0.1, 0.15) is 24.0 Å². The van der Waals surface area contributed by atoms with Crippen molar-refractivity contribution in [3.63, 3.8) is 0 Å². The molecule has 1 aliphatic rings. The van der Waals surface area contributed by atoms with Crippen molar-refractivity contribution in [2.75, 3.05) is 26.3 Å². The number of hydrogen-bond acceptors (Lipinski definition) is 12. The van der Waals surface area contributed by atoms with Gasteiger partial charge in [-0.1, -0.05) is 36.4 Å². The third-order valence-electron chi connectivity index (χ3n) is 8.51. The van der Waals surface area contributed by atoms with E-state index in [1.165, 1.54) is 36.4 Å². The maximum atomic E-state index is 13.1. The Labute approximate surface area is 296 Å². The fourth-order valence-corrected chi connectivity index (χ4v) is 10.3. The minimum atomic E-state index is -4.91. The first-order chi connectivity index (χ1) is 24.0. The van der Waals surface area contributed by atoms with E-state index in [1.54, 1.807) is 36.4 Å². The molecule has 0 saturated carbocycles. The molecule has 1 aliphatic carbocycles. The van der Waals surface area contributed by atoms with Crippen molar-refractivity contribution in [1.82, 2.24) is 0 Å². The lowest BCUT2D eigenvalue weighted by Crippen LogP contribution is -2.31. The first-order valence-electron chi connectivity index (χ1n) is 15.5. The second-order valence-corrected chi connectivity index (χ2v) is 19.0. The molecular formula is C33H36N2O12S4. The highest BCUT2D eigenvalue weighted by atomic mass is 32.2. The van der Waals surface area contributed by atoms with Crippen molar-refractivity contribution < 1.29 is 52.3 Å². The van der Waals surface area contributed by atoms with E-state index >= 15 is 0 Å². The van der Waals surface area contributed by atoms with Gasteiger partial charge in [0.1, 0.15) is 21.3 Å². The molecular weight excluding hydrogens is 745 g/mol. The van der Waals surface area contributed by atoms with Crippen LogP contribution in [0, 0.1) is 0 Å². The standard InChI is InChI=1S/C33H36N2O12S4/c34-20-26(48(36,37)24-7-3-1-4-8-24)11-13-46-30-16-22-15-23-17-31(47-14-12-27(21-35)49(38,39)25-9-5-2-6-10-25)33(51(43,44)45)19-29(23)28(22)18-32(30)50(40,41)42/h1-10,16-19,26-27H,11-15,20-21,34-35H2,(H,40,41,42)(H,43,44,45). The smallest absolute Gasteiger partial charge is 0.298 e. The van der Waals surface area contributed by atoms with Crippen molar-refractivity contribution in [3.05, 3.63) is 96.1 Å². The minimum Gasteiger partial charge on any atom is -0.492 e. The Morgan fingerprint density at radius 3 is 1.24 bits per heavy atom. The van der Waals surface area contributed by atoms with E-state index in [2.05, 4.69) is 0 Å². The van der Waals surface area contributed by atoms with Crippen LogP contribution in [0.3, 0.4) is 0 Å². The Hall–Kier alpha value is -3.88. The molecule has 0 aliphatic heterocycles. The Balaban J connectivity index is 1.39. The molecule has 2 atom stereocenters. The maximum Gasteiger partial charge on any atom is 0.298 e. The highest BCUT2D eigenvalue weighted by molar-refractivity contribution is 7.92. The molecule has 18 heteroatoms. The Morgan fingerprint density at radius 1 is 0.569 bits per heavy atom. The van der Waals surface area contributed by atoms with Gasteiger partial charge < -0.3 is 20.9 Å². The van der Waals surface area contributed by atoms with Gasteiger partial charge in [-0.05, 0) is 90.0 Å². The summed E-state index contributed by atoms with van der Waals surface area (Å²) in [5, 5.41) is -2.10. The highest BCUT2D eigenvalue weighted by Crippen LogP contribution is 2.44. The van der Waals surface area contributed by atoms with Crippen LogP contribution in [0.2, 0.25) is 0 Å². The molecule has 14 nitrogen and oxygen atoms in total. The number of benzene rings is 4. The molecule has 2 unspecified atom stereocenters. The van der Waals surface area contributed by atoms with Gasteiger partial charge in [0.05, 0.1) is 33.5 Å². The van der Waals surface area contributed by atoms with Crippen molar-refractivity contribution >= 4 is 39.9 Å². The van der Waals surface area contributed by atoms with Crippen LogP contribution in [0.4, 0.5) is 0 Å². The van der Waals surface area contributed by atoms with Crippen LogP contribution < -0.4 is 20.9 Å². The molecule has 0 fully saturated rings. The van der Waals surface area contributed by atoms with Crippen LogP contribution in [-0.4, -0.2) is 79.6 Å². The normalized spacial score (nSPS) is 14.4. The second kappa shape index (κ2) is 15.0. The van der Waals surface area contributed by atoms with E-state index in [9.17, 15) is 42.8 Å². The molecule has 0 aromatic heterocycles. The summed E-state index contributed by atoms with van der Waals surface area (Å²) in [6.07, 6.45) is -0.0887. The van der Waals surface area contributed by atoms with E-state index < -0.39 is 60.2 Å². The predicted molar refractivity (Wildman–Crippen MR) is 187 cm³/mol. The van der Waals surface area contributed by atoms with Crippen molar-refractivity contribution in [1.29, 1.82) is 0 Å². The molecule has 4 aromatic carbocycles. The molecule has 274 valence electrons. The van der Waals surface area contributed by atoms with Crippen molar-refractivity contribution in [2.24, 2.45) is 11.5 Å². The largest absolute Gasteiger partial charge is 0.492 e. The highest BCUT2D eigenvalue weighted by Gasteiger charge is 2.31. The van der Waals surface area contributed by atoms with Gasteiger partial charge in [-0.15, -0.1) is 0 Å². The SMILES string of the molecule is NCC(CCOc1cc2c(cc1S(=O)(=O)O)-c1cc(S(=O)(=O)O)c(OCCC(CN)S(=O)(=O)c3ccccc3)cc1C2)S(=O)(=O)c1ccccc1. The van der Waals surface area contributed by atoms with E-state index in [0.29, 0.717) is 11.1 Å². The first kappa shape index (κ1) is 38.4. The summed E-state index contributed by atoms with van der Waals surface area (Å²) in [5.41, 5.74) is 12.9. The third kappa shape index (κ3) is 8.28. The van der Waals surface area contributed by atoms with E-state index in [1.807, 2.05) is 0 Å². The molecule has 0 saturated heterocycles. The monoisotopic (exact) mass is 780 g/mol. The van der Waals surface area contributed by atoms with Crippen LogP contribution >= 0.6 is 0 Å². The van der Waals surface area contributed by atoms with Gasteiger partial charge in [0.15, 0.2) is 19.7 Å². The second-order valence-electron chi connectivity index (χ2n) is 11.7. The summed E-state index contributed by atoms with van der Waals surface area (Å²) in [7, 11) is -17.5. The minimum absolute atomic E-state index is 0.0680. The zero-order valence-corrected chi connectivity index (χ0v) is 30.2. The molecule has 0 spiro atoms. The predicted octanol–water partition coefficient (Wildman–Crippen LogP) is 2.89. The fourth-order valence-electron chi connectivity index (χ4n) is 5.84. The Bertz CT molecular complexity index is 2190. The number of rotatable bonds is 16. The molecule has 4 aromatic rings. The van der Waals surface area contributed by atoms with Gasteiger partial charge in [0, 0.05) is 13.1 Å². The number of hydrogen-bond donors (Lipinski definition) is 4. The van der Waals surface area contributed by atoms with Crippen LogP contribution in [0.15, 0.2) is 105 Å². The third-order valence-corrected chi connectivity index (χ3v) is 14.7. The summed E-state index contributed by atoms with van der Waals surface area (Å²) in [6, 6.07) is 20.2. The Kier molecular flexibility index (Phi) is 11.3. The molecule has 0 bridgehead atoms. The summed E-state index contributed by atoms with van der Waals surface area (Å²) >= 11 is 0. The van der Waals surface area contributed by atoms with Gasteiger partial charge in [0.2, 0.25) is 0 Å². The molecule has 6 N–H and O–H groups in total. The van der Waals surface area contributed by atoms with Crippen LogP contribution in [-0.2, 0) is 46.3 Å². The summed E-state index contributed by atoms with van der Waals surface area (Å²) in [5.74, 6) is -0.535. The van der Waals surface area contributed by atoms with Gasteiger partial charge in [-0.25, -0.2) is 16.8 Å². The van der Waals surface area contributed by atoms with E-state index in [-0.39, 0.29) is 78.0 Å². The topological polar surface area (TPSA) is 248 Å². The number of fused-ring (bicyclic) bond motifs is 3. The van der Waals surface area contributed by atoms with Crippen LogP contribution in [0.5, 0.6) is 11.5 Å². The average molecular weight is 781 g/mol. The molecule has 51 heavy (non-hydrogen) atoms. The van der Waals surface area contributed by atoms with E-state index in [0.717, 1.165) is 12.1 Å². The maximum absolute atomic E-state index is 13.1. The first-order valence-corrected chi connectivity index (χ1v) is 21.5. The molecule has 0 heterocycles. The average Bonchev–Trinajstić information content (AvgIpc) is 3.44. The number of sulfone groups is 2. The quantitative estimate of drug-likeness (QED) is 0.105. The van der Waals surface area contributed by atoms with Crippen LogP contribution in [0.25, 0.3) is 11.1 Å². The van der Waals surface area contributed by atoms with E-state index in [4.69, 9.17) is 20.9 Å². The Morgan fingerprint density at radius 2 is 0.922 bits per heavy atom. The van der Waals surface area contributed by atoms with Crippen molar-refractivity contribution in [2.45, 2.75) is 49.3 Å². The zero-order chi connectivity index (χ0) is 37.2. The lowest BCUT2D eigenvalue weighted by Gasteiger charge is -2.18. The lowest BCUT2D eigenvalue weighted by atomic mass is 10.1. The zero-order valence-electron chi connectivity index (χ0n) is 27.0. The summed E-state index contributed by atoms with van der Waals surface area (Å²) in [4.78, 5) is -1.16. The van der Waals surface area contributed by atoms with Gasteiger partial charge in [-0.2, -0.15) is 16.8 Å². The van der Waals surface area contributed by atoms with Gasteiger partial charge >= 0.3 is 0 Å². The van der Waals surface area contributed by atoms with Crippen molar-refractivity contribution in [3.8, 4) is 22.6 Å². The molecule has 5 rings (SSSR count). The molecule has 0 amide bonds. The van der Waals surface area contributed by atoms with Gasteiger partial charge in [0.25, 0.3) is 20.2 Å². The summed E-state index contributed by atoms with van der Waals surface area (Å²) < 4.78 is 134. The van der Waals surface area contributed by atoms with Gasteiger partial charge in [-0.3, -0.25) is 9.11 Å². The lowest BCUT2D eigenvalue weighted by molar-refractivity contribution is 0.298. The summed E-state index contributed by atoms with van der Waals surface area (Å²) in [6.45, 7) is -1.03. The fraction of sp³-hybridized carbons (Fsp3) is 0.273. The number of nitrogens with two attached hydrogens (primary N) is 2. The molecule has 0 radical (unpaired) electrons. The number of ether oxygens (including phenoxy) is 2.